The molecule has 0 aromatic carbocycles. The van der Waals surface area contributed by atoms with Gasteiger partial charge in [0.15, 0.2) is 6.04 Å². The second-order valence-electron chi connectivity index (χ2n) is 2.98. The summed E-state index contributed by atoms with van der Waals surface area (Å²) in [7, 11) is 0. The van der Waals surface area contributed by atoms with Crippen LogP contribution in [0.5, 0.6) is 0 Å². The number of amides is 2. The number of aromatic amines is 1. The molecule has 0 saturated carbocycles. The van der Waals surface area contributed by atoms with E-state index < -0.39 is 24.6 Å². The average Bonchev–Trinajstić information content (AvgIpc) is 2.75. The van der Waals surface area contributed by atoms with Crippen LogP contribution in [0.4, 0.5) is 4.79 Å². The molecule has 0 aliphatic rings. The predicted molar refractivity (Wildman–Crippen MR) is 52.5 cm³/mol. The maximum absolute atomic E-state index is 11.2. The van der Waals surface area contributed by atoms with Crippen molar-refractivity contribution < 1.29 is 19.8 Å². The zero-order chi connectivity index (χ0) is 12.0. The Morgan fingerprint density at radius 2 is 2.31 bits per heavy atom. The molecule has 16 heavy (non-hydrogen) atoms. The quantitative estimate of drug-likeness (QED) is 0.426. The molecule has 5 N–H and O–H groups in total. The monoisotopic (exact) mass is 228 g/mol. The van der Waals surface area contributed by atoms with E-state index in [-0.39, 0.29) is 6.54 Å². The predicted octanol–water partition coefficient (Wildman–Crippen LogP) is -1.35. The number of carboxylic acids is 1. The number of aliphatic hydroxyl groups is 1. The van der Waals surface area contributed by atoms with E-state index in [1.165, 1.54) is 12.5 Å². The fraction of sp³-hybridized carbons (Fsp3) is 0.375. The second kappa shape index (κ2) is 5.71. The fourth-order valence-corrected chi connectivity index (χ4v) is 0.952. The summed E-state index contributed by atoms with van der Waals surface area (Å²) in [5.41, 5.74) is 0.686. The Morgan fingerprint density at radius 1 is 1.56 bits per heavy atom. The summed E-state index contributed by atoms with van der Waals surface area (Å²) >= 11 is 0. The van der Waals surface area contributed by atoms with Crippen LogP contribution in [0.25, 0.3) is 0 Å². The van der Waals surface area contributed by atoms with Crippen LogP contribution in [0.2, 0.25) is 0 Å². The first-order chi connectivity index (χ1) is 7.63. The molecule has 0 bridgehead atoms. The summed E-state index contributed by atoms with van der Waals surface area (Å²) in [6, 6.07) is -1.97. The lowest BCUT2D eigenvalue weighted by Crippen LogP contribution is -2.47. The van der Waals surface area contributed by atoms with E-state index in [2.05, 4.69) is 20.6 Å². The lowest BCUT2D eigenvalue weighted by molar-refractivity contribution is -0.140. The Balaban J connectivity index is 2.33. The van der Waals surface area contributed by atoms with Gasteiger partial charge in [-0.15, -0.1) is 0 Å². The number of rotatable bonds is 5. The number of hydrogen-bond acceptors (Lipinski definition) is 4. The van der Waals surface area contributed by atoms with E-state index in [1.54, 1.807) is 0 Å². The maximum Gasteiger partial charge on any atom is 0.328 e. The number of H-pyrrole nitrogens is 1. The van der Waals surface area contributed by atoms with E-state index in [0.29, 0.717) is 5.69 Å². The summed E-state index contributed by atoms with van der Waals surface area (Å²) in [4.78, 5) is 28.2. The molecule has 8 heteroatoms. The Kier molecular flexibility index (Phi) is 4.28. The van der Waals surface area contributed by atoms with Gasteiger partial charge in [0, 0.05) is 6.20 Å². The molecule has 1 aromatic heterocycles. The van der Waals surface area contributed by atoms with Crippen LogP contribution in [-0.4, -0.2) is 44.8 Å². The van der Waals surface area contributed by atoms with Crippen molar-refractivity contribution in [1.29, 1.82) is 0 Å². The van der Waals surface area contributed by atoms with Crippen molar-refractivity contribution in [3.63, 3.8) is 0 Å². The number of aliphatic carboxylic acids is 1. The Bertz CT molecular complexity index is 351. The van der Waals surface area contributed by atoms with Gasteiger partial charge in [0.25, 0.3) is 0 Å². The molecule has 0 fully saturated rings. The molecular formula is C8H12N4O4. The zero-order valence-electron chi connectivity index (χ0n) is 8.30. The molecule has 0 aliphatic heterocycles. The SMILES string of the molecule is O=C(NCc1cnc[nH]1)NC(CO)C(=O)O. The normalized spacial score (nSPS) is 11.8. The second-order valence-corrected chi connectivity index (χ2v) is 2.98. The topological polar surface area (TPSA) is 127 Å². The molecule has 1 atom stereocenters. The molecule has 0 spiro atoms. The molecule has 0 aliphatic carbocycles. The lowest BCUT2D eigenvalue weighted by Gasteiger charge is -2.11. The molecule has 8 nitrogen and oxygen atoms in total. The third kappa shape index (κ3) is 3.58. The molecule has 1 aromatic rings. The molecule has 0 radical (unpaired) electrons. The van der Waals surface area contributed by atoms with E-state index in [9.17, 15) is 9.59 Å². The molecule has 88 valence electrons. The van der Waals surface area contributed by atoms with Crippen LogP contribution in [0, 0.1) is 0 Å². The van der Waals surface area contributed by atoms with Crippen molar-refractivity contribution in [3.8, 4) is 0 Å². The van der Waals surface area contributed by atoms with E-state index in [4.69, 9.17) is 10.2 Å². The van der Waals surface area contributed by atoms with Crippen LogP contribution in [-0.2, 0) is 11.3 Å². The fourth-order valence-electron chi connectivity index (χ4n) is 0.952. The third-order valence-electron chi connectivity index (χ3n) is 1.78. The number of urea groups is 1. The minimum atomic E-state index is -1.30. The van der Waals surface area contributed by atoms with E-state index in [1.807, 2.05) is 0 Å². The number of nitrogens with zero attached hydrogens (tertiary/aromatic N) is 1. The van der Waals surface area contributed by atoms with Gasteiger partial charge in [0.2, 0.25) is 0 Å². The van der Waals surface area contributed by atoms with Gasteiger partial charge in [0.1, 0.15) is 0 Å². The molecule has 1 rings (SSSR count). The van der Waals surface area contributed by atoms with Gasteiger partial charge in [-0.1, -0.05) is 0 Å². The molecule has 2 amide bonds. The van der Waals surface area contributed by atoms with Crippen LogP contribution in [0.15, 0.2) is 12.5 Å². The summed E-state index contributed by atoms with van der Waals surface area (Å²) in [5, 5.41) is 21.7. The Morgan fingerprint density at radius 3 is 2.81 bits per heavy atom. The molecular weight excluding hydrogens is 216 g/mol. The van der Waals surface area contributed by atoms with Gasteiger partial charge in [0.05, 0.1) is 25.2 Å². The first-order valence-corrected chi connectivity index (χ1v) is 4.48. The van der Waals surface area contributed by atoms with Gasteiger partial charge >= 0.3 is 12.0 Å². The minimum Gasteiger partial charge on any atom is -0.480 e. The number of carboxylic acid groups (broad SMARTS) is 1. The highest BCUT2D eigenvalue weighted by Gasteiger charge is 2.18. The zero-order valence-corrected chi connectivity index (χ0v) is 8.30. The van der Waals surface area contributed by atoms with Gasteiger partial charge in [-0.25, -0.2) is 14.6 Å². The van der Waals surface area contributed by atoms with Crippen LogP contribution in [0.3, 0.4) is 0 Å². The molecule has 0 saturated heterocycles. The van der Waals surface area contributed by atoms with Crippen LogP contribution >= 0.6 is 0 Å². The van der Waals surface area contributed by atoms with Gasteiger partial charge in [-0.2, -0.15) is 0 Å². The van der Waals surface area contributed by atoms with Crippen LogP contribution in [0.1, 0.15) is 5.69 Å². The number of carbonyl (C=O) groups is 2. The minimum absolute atomic E-state index is 0.198. The first-order valence-electron chi connectivity index (χ1n) is 4.48. The summed E-state index contributed by atoms with van der Waals surface area (Å²) < 4.78 is 0. The number of aromatic nitrogens is 2. The van der Waals surface area contributed by atoms with Crippen molar-refractivity contribution in [1.82, 2.24) is 20.6 Å². The average molecular weight is 228 g/mol. The number of imidazole rings is 1. The highest BCUT2D eigenvalue weighted by atomic mass is 16.4. The van der Waals surface area contributed by atoms with Gasteiger partial charge in [-0.3, -0.25) is 0 Å². The number of hydrogen-bond donors (Lipinski definition) is 5. The van der Waals surface area contributed by atoms with E-state index >= 15 is 0 Å². The maximum atomic E-state index is 11.2. The van der Waals surface area contributed by atoms with Gasteiger partial charge < -0.3 is 25.8 Å². The van der Waals surface area contributed by atoms with Crippen LogP contribution < -0.4 is 10.6 Å². The number of aliphatic hydroxyl groups excluding tert-OH is 1. The summed E-state index contributed by atoms with van der Waals surface area (Å²) in [6.07, 6.45) is 2.99. The third-order valence-corrected chi connectivity index (χ3v) is 1.78. The number of carbonyl (C=O) groups excluding carboxylic acids is 1. The van der Waals surface area contributed by atoms with Crippen molar-refractivity contribution in [2.75, 3.05) is 6.61 Å². The van der Waals surface area contributed by atoms with Crippen molar-refractivity contribution in [2.24, 2.45) is 0 Å². The van der Waals surface area contributed by atoms with E-state index in [0.717, 1.165) is 0 Å². The highest BCUT2D eigenvalue weighted by molar-refractivity contribution is 5.82. The smallest absolute Gasteiger partial charge is 0.328 e. The Labute approximate surface area is 90.7 Å². The number of nitrogens with one attached hydrogen (secondary N) is 3. The molecule has 1 heterocycles. The molecule has 1 unspecified atom stereocenters. The largest absolute Gasteiger partial charge is 0.480 e. The van der Waals surface area contributed by atoms with Crippen molar-refractivity contribution in [2.45, 2.75) is 12.6 Å². The highest BCUT2D eigenvalue weighted by Crippen LogP contribution is 1.89. The summed E-state index contributed by atoms with van der Waals surface area (Å²) in [5.74, 6) is -1.29. The van der Waals surface area contributed by atoms with Gasteiger partial charge in [-0.05, 0) is 0 Å². The first kappa shape index (κ1) is 12.0. The van der Waals surface area contributed by atoms with Crippen molar-refractivity contribution in [3.05, 3.63) is 18.2 Å². The standard InChI is InChI=1S/C8H12N4O4/c13-3-6(7(14)15)12-8(16)10-2-5-1-9-4-11-5/h1,4,6,13H,2-3H2,(H,9,11)(H,14,15)(H2,10,12,16). The lowest BCUT2D eigenvalue weighted by atomic mass is 10.3. The Hall–Kier alpha value is -2.09. The summed E-state index contributed by atoms with van der Waals surface area (Å²) in [6.45, 7) is -0.462. The van der Waals surface area contributed by atoms with Crippen molar-refractivity contribution >= 4 is 12.0 Å².